The number of nitrogens with one attached hydrogen (secondary N) is 1. The molecule has 3 nitrogen and oxygen atoms in total. The van der Waals surface area contributed by atoms with E-state index in [0.29, 0.717) is 6.54 Å². The fourth-order valence-corrected chi connectivity index (χ4v) is 2.96. The van der Waals surface area contributed by atoms with Crippen LogP contribution in [0.5, 0.6) is 0 Å². The van der Waals surface area contributed by atoms with Gasteiger partial charge in [0, 0.05) is 11.2 Å². The van der Waals surface area contributed by atoms with Crippen LogP contribution in [0.2, 0.25) is 0 Å². The van der Waals surface area contributed by atoms with Gasteiger partial charge in [0.2, 0.25) is 0 Å². The Labute approximate surface area is 123 Å². The number of rotatable bonds is 3. The molecule has 0 unspecified atom stereocenters. The van der Waals surface area contributed by atoms with Crippen LogP contribution in [0.3, 0.4) is 0 Å². The highest BCUT2D eigenvalue weighted by Crippen LogP contribution is 2.26. The third kappa shape index (κ3) is 3.97. The minimum atomic E-state index is -0.448. The number of carbonyl (C=O) groups excluding carboxylic acids is 1. The van der Waals surface area contributed by atoms with Gasteiger partial charge in [-0.1, -0.05) is 12.1 Å². The van der Waals surface area contributed by atoms with E-state index in [1.807, 2.05) is 20.8 Å². The maximum atomic E-state index is 11.6. The number of ether oxygens (including phenoxy) is 1. The Kier molecular flexibility index (Phi) is 4.33. The SMILES string of the molecule is Cc1cc(CCNC(=O)OC(C)(C)C)cc2ccsc12. The van der Waals surface area contributed by atoms with E-state index in [0.717, 1.165) is 6.42 Å². The fourth-order valence-electron chi connectivity index (χ4n) is 2.11. The molecule has 0 spiro atoms. The molecule has 1 aromatic carbocycles. The Morgan fingerprint density at radius 3 is 2.80 bits per heavy atom. The lowest BCUT2D eigenvalue weighted by Gasteiger charge is -2.19. The summed E-state index contributed by atoms with van der Waals surface area (Å²) in [5.74, 6) is 0. The van der Waals surface area contributed by atoms with Crippen LogP contribution in [0, 0.1) is 6.92 Å². The van der Waals surface area contributed by atoms with Crippen molar-refractivity contribution in [3.05, 3.63) is 34.7 Å². The molecular weight excluding hydrogens is 270 g/mol. The summed E-state index contributed by atoms with van der Waals surface area (Å²) in [6.45, 7) is 8.30. The molecule has 1 heterocycles. The van der Waals surface area contributed by atoms with Crippen LogP contribution in [-0.2, 0) is 11.2 Å². The second-order valence-corrected chi connectivity index (χ2v) is 6.85. The van der Waals surface area contributed by atoms with Crippen LogP contribution < -0.4 is 5.32 Å². The summed E-state index contributed by atoms with van der Waals surface area (Å²) in [6, 6.07) is 6.52. The fraction of sp³-hybridized carbons (Fsp3) is 0.438. The molecule has 0 saturated carbocycles. The molecular formula is C16H21NO2S. The van der Waals surface area contributed by atoms with E-state index in [2.05, 4.69) is 35.8 Å². The molecule has 20 heavy (non-hydrogen) atoms. The van der Waals surface area contributed by atoms with E-state index in [9.17, 15) is 4.79 Å². The van der Waals surface area contributed by atoms with Crippen molar-refractivity contribution in [3.63, 3.8) is 0 Å². The number of fused-ring (bicyclic) bond motifs is 1. The van der Waals surface area contributed by atoms with Crippen molar-refractivity contribution >= 4 is 27.5 Å². The first-order valence-electron chi connectivity index (χ1n) is 6.79. The van der Waals surface area contributed by atoms with Crippen LogP contribution >= 0.6 is 11.3 Å². The van der Waals surface area contributed by atoms with Gasteiger partial charge in [-0.3, -0.25) is 0 Å². The van der Waals surface area contributed by atoms with Crippen LogP contribution in [0.15, 0.2) is 23.6 Å². The largest absolute Gasteiger partial charge is 0.444 e. The molecule has 0 aliphatic rings. The van der Waals surface area contributed by atoms with Gasteiger partial charge < -0.3 is 10.1 Å². The lowest BCUT2D eigenvalue weighted by atomic mass is 10.1. The lowest BCUT2D eigenvalue weighted by Crippen LogP contribution is -2.33. The number of amides is 1. The topological polar surface area (TPSA) is 38.3 Å². The highest BCUT2D eigenvalue weighted by atomic mass is 32.1. The maximum Gasteiger partial charge on any atom is 0.407 e. The average molecular weight is 291 g/mol. The first kappa shape index (κ1) is 14.9. The van der Waals surface area contributed by atoms with E-state index in [1.54, 1.807) is 11.3 Å². The van der Waals surface area contributed by atoms with E-state index < -0.39 is 5.60 Å². The minimum absolute atomic E-state index is 0.356. The van der Waals surface area contributed by atoms with Crippen molar-refractivity contribution in [1.29, 1.82) is 0 Å². The summed E-state index contributed by atoms with van der Waals surface area (Å²) < 4.78 is 6.55. The van der Waals surface area contributed by atoms with Crippen molar-refractivity contribution in [2.75, 3.05) is 6.54 Å². The zero-order valence-corrected chi connectivity index (χ0v) is 13.3. The Morgan fingerprint density at radius 1 is 1.35 bits per heavy atom. The van der Waals surface area contributed by atoms with Gasteiger partial charge >= 0.3 is 6.09 Å². The van der Waals surface area contributed by atoms with Crippen molar-refractivity contribution in [3.8, 4) is 0 Å². The number of hydrogen-bond donors (Lipinski definition) is 1. The quantitative estimate of drug-likeness (QED) is 0.916. The average Bonchev–Trinajstić information content (AvgIpc) is 2.75. The van der Waals surface area contributed by atoms with E-state index in [1.165, 1.54) is 21.2 Å². The van der Waals surface area contributed by atoms with Crippen molar-refractivity contribution < 1.29 is 9.53 Å². The number of benzene rings is 1. The summed E-state index contributed by atoms with van der Waals surface area (Å²) in [5.41, 5.74) is 2.09. The Balaban J connectivity index is 1.91. The monoisotopic (exact) mass is 291 g/mol. The van der Waals surface area contributed by atoms with Crippen LogP contribution in [0.4, 0.5) is 4.79 Å². The third-order valence-electron chi connectivity index (χ3n) is 2.88. The number of aryl methyl sites for hydroxylation is 1. The molecule has 0 fully saturated rings. The summed E-state index contributed by atoms with van der Waals surface area (Å²) in [6.07, 6.45) is 0.456. The van der Waals surface area contributed by atoms with Gasteiger partial charge in [0.05, 0.1) is 0 Å². The van der Waals surface area contributed by atoms with Gasteiger partial charge in [0.15, 0.2) is 0 Å². The molecule has 1 amide bonds. The summed E-state index contributed by atoms with van der Waals surface area (Å²) in [5, 5.41) is 6.18. The van der Waals surface area contributed by atoms with Crippen LogP contribution in [0.25, 0.3) is 10.1 Å². The molecule has 2 rings (SSSR count). The van der Waals surface area contributed by atoms with Gasteiger partial charge in [-0.05, 0) is 62.1 Å². The van der Waals surface area contributed by atoms with Gasteiger partial charge in [-0.25, -0.2) is 4.79 Å². The van der Waals surface area contributed by atoms with Gasteiger partial charge in [0.1, 0.15) is 5.60 Å². The molecule has 108 valence electrons. The predicted molar refractivity (Wildman–Crippen MR) is 84.5 cm³/mol. The number of thiophene rings is 1. The third-order valence-corrected chi connectivity index (χ3v) is 3.94. The van der Waals surface area contributed by atoms with Crippen molar-refractivity contribution in [2.45, 2.75) is 39.7 Å². The first-order valence-corrected chi connectivity index (χ1v) is 7.67. The first-order chi connectivity index (χ1) is 9.35. The molecule has 0 radical (unpaired) electrons. The van der Waals surface area contributed by atoms with E-state index in [4.69, 9.17) is 4.74 Å². The zero-order valence-electron chi connectivity index (χ0n) is 12.4. The Morgan fingerprint density at radius 2 is 2.10 bits per heavy atom. The standard InChI is InChI=1S/C16H21NO2S/c1-11-9-12(10-13-6-8-20-14(11)13)5-7-17-15(18)19-16(2,3)4/h6,8-10H,5,7H2,1-4H3,(H,17,18). The number of alkyl carbamates (subject to hydrolysis) is 1. The van der Waals surface area contributed by atoms with Crippen LogP contribution in [-0.4, -0.2) is 18.2 Å². The highest BCUT2D eigenvalue weighted by molar-refractivity contribution is 7.17. The molecule has 0 bridgehead atoms. The molecule has 0 atom stereocenters. The molecule has 2 aromatic rings. The minimum Gasteiger partial charge on any atom is -0.444 e. The van der Waals surface area contributed by atoms with E-state index in [-0.39, 0.29) is 6.09 Å². The normalized spacial score (nSPS) is 11.6. The Bertz CT molecular complexity index is 610. The van der Waals surface area contributed by atoms with Gasteiger partial charge in [0.25, 0.3) is 0 Å². The summed E-state index contributed by atoms with van der Waals surface area (Å²) in [7, 11) is 0. The van der Waals surface area contributed by atoms with Crippen molar-refractivity contribution in [2.24, 2.45) is 0 Å². The molecule has 0 aliphatic carbocycles. The summed E-state index contributed by atoms with van der Waals surface area (Å²) >= 11 is 1.77. The van der Waals surface area contributed by atoms with E-state index >= 15 is 0 Å². The molecule has 1 aromatic heterocycles. The molecule has 1 N–H and O–H groups in total. The highest BCUT2D eigenvalue weighted by Gasteiger charge is 2.15. The molecule has 0 saturated heterocycles. The maximum absolute atomic E-state index is 11.6. The smallest absolute Gasteiger partial charge is 0.407 e. The lowest BCUT2D eigenvalue weighted by molar-refractivity contribution is 0.0528. The second-order valence-electron chi connectivity index (χ2n) is 5.93. The molecule has 4 heteroatoms. The summed E-state index contributed by atoms with van der Waals surface area (Å²) in [4.78, 5) is 11.6. The molecule has 0 aliphatic heterocycles. The van der Waals surface area contributed by atoms with Gasteiger partial charge in [-0.2, -0.15) is 0 Å². The number of carbonyl (C=O) groups is 1. The zero-order chi connectivity index (χ0) is 14.8. The van der Waals surface area contributed by atoms with Crippen molar-refractivity contribution in [1.82, 2.24) is 5.32 Å². The number of hydrogen-bond acceptors (Lipinski definition) is 3. The van der Waals surface area contributed by atoms with Gasteiger partial charge in [-0.15, -0.1) is 11.3 Å². The predicted octanol–water partition coefficient (Wildman–Crippen LogP) is 4.28. The van der Waals surface area contributed by atoms with Crippen LogP contribution in [0.1, 0.15) is 31.9 Å². The Hall–Kier alpha value is -1.55. The second kappa shape index (κ2) is 5.83.